The summed E-state index contributed by atoms with van der Waals surface area (Å²) >= 11 is 1.30. The van der Waals surface area contributed by atoms with Crippen molar-refractivity contribution in [1.82, 2.24) is 14.9 Å². The van der Waals surface area contributed by atoms with Gasteiger partial charge in [-0.15, -0.1) is 11.3 Å². The number of thiophene rings is 1. The molecule has 9 heteroatoms. The lowest BCUT2D eigenvalue weighted by atomic mass is 10.2. The highest BCUT2D eigenvalue weighted by Crippen LogP contribution is 2.24. The van der Waals surface area contributed by atoms with Crippen LogP contribution in [0.1, 0.15) is 48.6 Å². The molecule has 2 aromatic rings. The maximum Gasteiger partial charge on any atom is 0.251 e. The van der Waals surface area contributed by atoms with Crippen LogP contribution in [-0.4, -0.2) is 58.9 Å². The van der Waals surface area contributed by atoms with Gasteiger partial charge >= 0.3 is 0 Å². The van der Waals surface area contributed by atoms with Crippen LogP contribution in [-0.2, 0) is 4.79 Å². The Bertz CT molecular complexity index is 889. The molecular formula is C20H28N6O2S. The molecule has 3 rings (SSSR count). The van der Waals surface area contributed by atoms with Gasteiger partial charge in [-0.25, -0.2) is 9.97 Å². The molecule has 29 heavy (non-hydrogen) atoms. The first-order valence-corrected chi connectivity index (χ1v) is 10.7. The quantitative estimate of drug-likeness (QED) is 0.748. The van der Waals surface area contributed by atoms with Crippen molar-refractivity contribution in [2.75, 3.05) is 36.4 Å². The van der Waals surface area contributed by atoms with Gasteiger partial charge in [0, 0.05) is 43.9 Å². The van der Waals surface area contributed by atoms with E-state index >= 15 is 0 Å². The standard InChI is InChI=1S/C20H28N6O2S/c1-12(2)18-22-13(3)11-16(23-18)26-8-6-25(7-9-26)14(4)19(28)24-20-15(17(21)27)5-10-29-20/h5,10-12,14H,6-9H2,1-4H3,(H2,21,27)(H,24,28)/t14-/m1/s1. The highest BCUT2D eigenvalue weighted by molar-refractivity contribution is 7.14. The zero-order chi connectivity index (χ0) is 21.1. The van der Waals surface area contributed by atoms with Gasteiger partial charge in [-0.2, -0.15) is 0 Å². The van der Waals surface area contributed by atoms with Gasteiger partial charge in [-0.3, -0.25) is 14.5 Å². The first-order chi connectivity index (χ1) is 13.8. The second-order valence-electron chi connectivity index (χ2n) is 7.60. The molecule has 0 radical (unpaired) electrons. The van der Waals surface area contributed by atoms with Crippen LogP contribution in [0, 0.1) is 6.92 Å². The largest absolute Gasteiger partial charge is 0.366 e. The third-order valence-corrected chi connectivity index (χ3v) is 5.94. The molecule has 2 aromatic heterocycles. The van der Waals surface area contributed by atoms with Crippen molar-refractivity contribution < 1.29 is 9.59 Å². The molecule has 1 fully saturated rings. The maximum absolute atomic E-state index is 12.7. The number of aromatic nitrogens is 2. The Morgan fingerprint density at radius 3 is 2.48 bits per heavy atom. The van der Waals surface area contributed by atoms with Crippen LogP contribution in [0.25, 0.3) is 0 Å². The van der Waals surface area contributed by atoms with Crippen LogP contribution < -0.4 is 16.0 Å². The minimum atomic E-state index is -0.538. The lowest BCUT2D eigenvalue weighted by Gasteiger charge is -2.38. The van der Waals surface area contributed by atoms with E-state index in [2.05, 4.69) is 33.9 Å². The van der Waals surface area contributed by atoms with Crippen molar-refractivity contribution in [3.05, 3.63) is 34.6 Å². The molecule has 1 atom stereocenters. The Hall–Kier alpha value is -2.52. The number of nitrogens with two attached hydrogens (primary N) is 1. The van der Waals surface area contributed by atoms with Crippen molar-refractivity contribution in [1.29, 1.82) is 0 Å². The molecular weight excluding hydrogens is 388 g/mol. The third kappa shape index (κ3) is 4.91. The minimum absolute atomic E-state index is 0.136. The number of amides is 2. The number of aryl methyl sites for hydroxylation is 1. The molecule has 3 heterocycles. The Balaban J connectivity index is 1.61. The molecule has 3 N–H and O–H groups in total. The fraction of sp³-hybridized carbons (Fsp3) is 0.500. The van der Waals surface area contributed by atoms with Gasteiger partial charge in [0.15, 0.2) is 0 Å². The highest BCUT2D eigenvalue weighted by Gasteiger charge is 2.27. The minimum Gasteiger partial charge on any atom is -0.366 e. The number of nitrogens with one attached hydrogen (secondary N) is 1. The van der Waals surface area contributed by atoms with Crippen molar-refractivity contribution in [3.63, 3.8) is 0 Å². The Kier molecular flexibility index (Phi) is 6.49. The van der Waals surface area contributed by atoms with E-state index in [1.165, 1.54) is 11.3 Å². The first-order valence-electron chi connectivity index (χ1n) is 9.79. The summed E-state index contributed by atoms with van der Waals surface area (Å²) in [6.07, 6.45) is 0. The second kappa shape index (κ2) is 8.87. The van der Waals surface area contributed by atoms with Gasteiger partial charge in [0.25, 0.3) is 5.91 Å². The summed E-state index contributed by atoms with van der Waals surface area (Å²) in [5, 5.41) is 5.09. The van der Waals surface area contributed by atoms with Gasteiger partial charge in [-0.05, 0) is 25.3 Å². The topological polar surface area (TPSA) is 104 Å². The molecule has 0 bridgehead atoms. The normalized spacial score (nSPS) is 16.1. The maximum atomic E-state index is 12.7. The molecule has 1 saturated heterocycles. The van der Waals surface area contributed by atoms with Crippen LogP contribution in [0.5, 0.6) is 0 Å². The summed E-state index contributed by atoms with van der Waals surface area (Å²) in [6, 6.07) is 3.33. The molecule has 8 nitrogen and oxygen atoms in total. The van der Waals surface area contributed by atoms with E-state index in [1.807, 2.05) is 19.9 Å². The van der Waals surface area contributed by atoms with E-state index in [4.69, 9.17) is 10.7 Å². The van der Waals surface area contributed by atoms with Gasteiger partial charge in [0.05, 0.1) is 11.6 Å². The van der Waals surface area contributed by atoms with E-state index < -0.39 is 5.91 Å². The molecule has 0 saturated carbocycles. The predicted molar refractivity (Wildman–Crippen MR) is 116 cm³/mol. The zero-order valence-electron chi connectivity index (χ0n) is 17.3. The van der Waals surface area contributed by atoms with Crippen LogP contribution in [0.4, 0.5) is 10.8 Å². The van der Waals surface area contributed by atoms with E-state index in [0.29, 0.717) is 10.6 Å². The van der Waals surface area contributed by atoms with E-state index in [-0.39, 0.29) is 17.9 Å². The van der Waals surface area contributed by atoms with Crippen molar-refractivity contribution in [3.8, 4) is 0 Å². The molecule has 2 amide bonds. The average Bonchev–Trinajstić information content (AvgIpc) is 3.15. The summed E-state index contributed by atoms with van der Waals surface area (Å²) in [5.74, 6) is 1.41. The van der Waals surface area contributed by atoms with Crippen LogP contribution in [0.2, 0.25) is 0 Å². The Labute approximate surface area is 175 Å². The molecule has 1 aliphatic heterocycles. The highest BCUT2D eigenvalue weighted by atomic mass is 32.1. The van der Waals surface area contributed by atoms with Gasteiger partial charge in [0.1, 0.15) is 16.6 Å². The van der Waals surface area contributed by atoms with Crippen molar-refractivity contribution in [2.24, 2.45) is 5.73 Å². The van der Waals surface area contributed by atoms with Crippen LogP contribution >= 0.6 is 11.3 Å². The van der Waals surface area contributed by atoms with E-state index in [9.17, 15) is 9.59 Å². The van der Waals surface area contributed by atoms with Crippen molar-refractivity contribution in [2.45, 2.75) is 39.7 Å². The number of carbonyl (C=O) groups excluding carboxylic acids is 2. The Morgan fingerprint density at radius 2 is 1.86 bits per heavy atom. The number of rotatable bonds is 6. The summed E-state index contributed by atoms with van der Waals surface area (Å²) in [6.45, 7) is 11.1. The molecule has 0 aliphatic carbocycles. The van der Waals surface area contributed by atoms with E-state index in [0.717, 1.165) is 43.5 Å². The SMILES string of the molecule is Cc1cc(N2CCN([C@H](C)C(=O)Nc3sccc3C(N)=O)CC2)nc(C(C)C)n1. The summed E-state index contributed by atoms with van der Waals surface area (Å²) in [5.41, 5.74) is 6.67. The fourth-order valence-electron chi connectivity index (χ4n) is 3.32. The summed E-state index contributed by atoms with van der Waals surface area (Å²) < 4.78 is 0. The third-order valence-electron chi connectivity index (χ3n) is 5.11. The lowest BCUT2D eigenvalue weighted by Crippen LogP contribution is -2.53. The number of primary amides is 1. The lowest BCUT2D eigenvalue weighted by molar-refractivity contribution is -0.120. The van der Waals surface area contributed by atoms with E-state index in [1.54, 1.807) is 11.4 Å². The number of piperazine rings is 1. The number of anilines is 2. The first kappa shape index (κ1) is 21.2. The summed E-state index contributed by atoms with van der Waals surface area (Å²) in [7, 11) is 0. The summed E-state index contributed by atoms with van der Waals surface area (Å²) in [4.78, 5) is 37.7. The van der Waals surface area contributed by atoms with Gasteiger partial charge in [0.2, 0.25) is 5.91 Å². The van der Waals surface area contributed by atoms with Crippen LogP contribution in [0.15, 0.2) is 17.5 Å². The molecule has 0 aromatic carbocycles. The smallest absolute Gasteiger partial charge is 0.251 e. The number of carbonyl (C=O) groups is 2. The Morgan fingerprint density at radius 1 is 1.17 bits per heavy atom. The van der Waals surface area contributed by atoms with Gasteiger partial charge < -0.3 is 16.0 Å². The number of hydrogen-bond donors (Lipinski definition) is 2. The second-order valence-corrected chi connectivity index (χ2v) is 8.51. The number of nitrogens with zero attached hydrogens (tertiary/aromatic N) is 4. The zero-order valence-corrected chi connectivity index (χ0v) is 18.1. The van der Waals surface area contributed by atoms with Crippen LogP contribution in [0.3, 0.4) is 0 Å². The molecule has 0 spiro atoms. The van der Waals surface area contributed by atoms with Gasteiger partial charge in [-0.1, -0.05) is 13.8 Å². The number of hydrogen-bond acceptors (Lipinski definition) is 7. The molecule has 156 valence electrons. The molecule has 1 aliphatic rings. The van der Waals surface area contributed by atoms with Crippen molar-refractivity contribution >= 4 is 34.0 Å². The predicted octanol–water partition coefficient (Wildman–Crippen LogP) is 2.22. The monoisotopic (exact) mass is 416 g/mol. The average molecular weight is 417 g/mol. The molecule has 0 unspecified atom stereocenters. The fourth-order valence-corrected chi connectivity index (χ4v) is 4.11.